The van der Waals surface area contributed by atoms with Gasteiger partial charge in [-0.05, 0) is 62.7 Å². The van der Waals surface area contributed by atoms with Gasteiger partial charge in [0, 0.05) is 38.8 Å². The van der Waals surface area contributed by atoms with Gasteiger partial charge in [0.15, 0.2) is 0 Å². The smallest absolute Gasteiger partial charge is 0.252 e. The summed E-state index contributed by atoms with van der Waals surface area (Å²) in [5, 5.41) is 9.42. The minimum atomic E-state index is -0.296. The van der Waals surface area contributed by atoms with E-state index >= 15 is 0 Å². The third kappa shape index (κ3) is 5.33. The maximum Gasteiger partial charge on any atom is 0.252 e. The van der Waals surface area contributed by atoms with E-state index in [2.05, 4.69) is 27.8 Å². The number of piperazine rings is 1. The zero-order chi connectivity index (χ0) is 27.7. The summed E-state index contributed by atoms with van der Waals surface area (Å²) in [5.74, 6) is 0.390. The van der Waals surface area contributed by atoms with E-state index in [-0.39, 0.29) is 29.6 Å². The normalized spacial score (nSPS) is 16.8. The Kier molecular flexibility index (Phi) is 7.31. The third-order valence-corrected chi connectivity index (χ3v) is 7.09. The summed E-state index contributed by atoms with van der Waals surface area (Å²) in [7, 11) is 1.71. The molecule has 9 heteroatoms. The molecule has 2 atom stereocenters. The molecule has 39 heavy (non-hydrogen) atoms. The summed E-state index contributed by atoms with van der Waals surface area (Å²) in [4.78, 5) is 26.5. The molecule has 4 heterocycles. The van der Waals surface area contributed by atoms with Crippen molar-refractivity contribution < 1.29 is 9.13 Å². The number of hydrogen-bond acceptors (Lipinski definition) is 7. The van der Waals surface area contributed by atoms with Gasteiger partial charge in [-0.2, -0.15) is 5.26 Å². The summed E-state index contributed by atoms with van der Waals surface area (Å²) in [6.07, 6.45) is 1.75. The summed E-state index contributed by atoms with van der Waals surface area (Å²) in [6, 6.07) is 17.3. The van der Waals surface area contributed by atoms with Crippen LogP contribution >= 0.6 is 0 Å². The molecule has 1 aromatic carbocycles. The van der Waals surface area contributed by atoms with E-state index in [0.717, 1.165) is 11.3 Å². The van der Waals surface area contributed by atoms with Crippen LogP contribution in [0.15, 0.2) is 65.6 Å². The molecular formula is C30H31FN6O2. The molecule has 1 fully saturated rings. The van der Waals surface area contributed by atoms with Gasteiger partial charge in [-0.15, -0.1) is 0 Å². The Bertz CT molecular complexity index is 1590. The Morgan fingerprint density at radius 1 is 1.13 bits per heavy atom. The van der Waals surface area contributed by atoms with Gasteiger partial charge < -0.3 is 14.2 Å². The molecule has 0 radical (unpaired) electrons. The van der Waals surface area contributed by atoms with Crippen molar-refractivity contribution in [2.75, 3.05) is 24.5 Å². The Balaban J connectivity index is 1.49. The molecule has 0 aliphatic carbocycles. The van der Waals surface area contributed by atoms with Crippen LogP contribution in [0.5, 0.6) is 5.75 Å². The van der Waals surface area contributed by atoms with Crippen molar-refractivity contribution >= 4 is 16.7 Å². The minimum Gasteiger partial charge on any atom is -0.489 e. The van der Waals surface area contributed by atoms with E-state index in [9.17, 15) is 14.4 Å². The predicted octanol–water partition coefficient (Wildman–Crippen LogP) is 4.43. The standard InChI is InChI=1S/C30H31FN6O2/c1-19(2)39-24-9-10-25(33-17-24)30(21-6-5-7-22(31)14-21)36-12-13-37(20(3)18-36)27-15-28(38)35(4)26-11-8-23(16-32)34-29(26)27/h5-11,14-15,17,19-20,30H,12-13,18H2,1-4H3/t20-,30?/m0/s1. The molecule has 0 spiro atoms. The number of nitrogens with zero attached hydrogens (tertiary/aromatic N) is 6. The van der Waals surface area contributed by atoms with Crippen LogP contribution in [0.25, 0.3) is 11.0 Å². The van der Waals surface area contributed by atoms with Gasteiger partial charge in [0.25, 0.3) is 5.56 Å². The van der Waals surface area contributed by atoms with Crippen LogP contribution in [0.4, 0.5) is 10.1 Å². The quantitative estimate of drug-likeness (QED) is 0.367. The number of aryl methyl sites for hydroxylation is 1. The summed E-state index contributed by atoms with van der Waals surface area (Å²) < 4.78 is 21.7. The van der Waals surface area contributed by atoms with Crippen LogP contribution in [-0.4, -0.2) is 51.2 Å². The second-order valence-corrected chi connectivity index (χ2v) is 10.2. The second-order valence-electron chi connectivity index (χ2n) is 10.2. The van der Waals surface area contributed by atoms with Crippen LogP contribution in [0, 0.1) is 17.1 Å². The van der Waals surface area contributed by atoms with Crippen LogP contribution in [0.3, 0.4) is 0 Å². The molecule has 0 saturated carbocycles. The lowest BCUT2D eigenvalue weighted by Crippen LogP contribution is -2.53. The van der Waals surface area contributed by atoms with Gasteiger partial charge in [-0.3, -0.25) is 14.7 Å². The van der Waals surface area contributed by atoms with Crippen molar-refractivity contribution in [3.05, 3.63) is 93.9 Å². The van der Waals surface area contributed by atoms with Crippen molar-refractivity contribution in [3.8, 4) is 11.8 Å². The number of rotatable bonds is 6. The monoisotopic (exact) mass is 526 g/mol. The van der Waals surface area contributed by atoms with E-state index in [4.69, 9.17) is 9.72 Å². The molecular weight excluding hydrogens is 495 g/mol. The van der Waals surface area contributed by atoms with Crippen molar-refractivity contribution in [2.24, 2.45) is 7.05 Å². The molecule has 1 aliphatic heterocycles. The number of benzene rings is 1. The van der Waals surface area contributed by atoms with E-state index in [0.29, 0.717) is 47.8 Å². The molecule has 0 N–H and O–H groups in total. The number of ether oxygens (including phenoxy) is 1. The Hall–Kier alpha value is -4.29. The lowest BCUT2D eigenvalue weighted by molar-refractivity contribution is 0.184. The van der Waals surface area contributed by atoms with Gasteiger partial charge in [-0.1, -0.05) is 12.1 Å². The maximum atomic E-state index is 14.3. The summed E-state index contributed by atoms with van der Waals surface area (Å²) in [5.41, 5.74) is 3.81. The maximum absolute atomic E-state index is 14.3. The fraction of sp³-hybridized carbons (Fsp3) is 0.333. The van der Waals surface area contributed by atoms with Gasteiger partial charge in [0.1, 0.15) is 28.8 Å². The Morgan fingerprint density at radius 2 is 1.95 bits per heavy atom. The molecule has 1 unspecified atom stereocenters. The van der Waals surface area contributed by atoms with Crippen molar-refractivity contribution in [1.82, 2.24) is 19.4 Å². The third-order valence-electron chi connectivity index (χ3n) is 7.09. The second kappa shape index (κ2) is 10.8. The zero-order valence-corrected chi connectivity index (χ0v) is 22.5. The Morgan fingerprint density at radius 3 is 2.62 bits per heavy atom. The molecule has 1 saturated heterocycles. The Labute approximate surface area is 226 Å². The molecule has 200 valence electrons. The van der Waals surface area contributed by atoms with Crippen molar-refractivity contribution in [2.45, 2.75) is 39.0 Å². The van der Waals surface area contributed by atoms with Gasteiger partial charge in [0.05, 0.1) is 35.2 Å². The van der Waals surface area contributed by atoms with Crippen LogP contribution < -0.4 is 15.2 Å². The molecule has 8 nitrogen and oxygen atoms in total. The highest BCUT2D eigenvalue weighted by molar-refractivity contribution is 5.89. The van der Waals surface area contributed by atoms with E-state index in [1.165, 1.54) is 6.07 Å². The first-order chi connectivity index (χ1) is 18.7. The molecule has 1 aliphatic rings. The fourth-order valence-electron chi connectivity index (χ4n) is 5.31. The van der Waals surface area contributed by atoms with Crippen LogP contribution in [0.1, 0.15) is 43.8 Å². The number of anilines is 1. The van der Waals surface area contributed by atoms with Gasteiger partial charge in [0.2, 0.25) is 0 Å². The molecule has 5 rings (SSSR count). The lowest BCUT2D eigenvalue weighted by Gasteiger charge is -2.44. The number of aromatic nitrogens is 3. The van der Waals surface area contributed by atoms with Gasteiger partial charge in [-0.25, -0.2) is 9.37 Å². The average molecular weight is 527 g/mol. The first-order valence-electron chi connectivity index (χ1n) is 13.0. The van der Waals surface area contributed by atoms with E-state index in [1.54, 1.807) is 48.1 Å². The number of hydrogen-bond donors (Lipinski definition) is 0. The summed E-state index contributed by atoms with van der Waals surface area (Å²) in [6.45, 7) is 7.93. The predicted molar refractivity (Wildman–Crippen MR) is 148 cm³/mol. The summed E-state index contributed by atoms with van der Waals surface area (Å²) >= 11 is 0. The van der Waals surface area contributed by atoms with E-state index in [1.807, 2.05) is 32.0 Å². The lowest BCUT2D eigenvalue weighted by atomic mass is 9.98. The highest BCUT2D eigenvalue weighted by Crippen LogP contribution is 2.33. The number of pyridine rings is 3. The number of fused-ring (bicyclic) bond motifs is 1. The van der Waals surface area contributed by atoms with Crippen LogP contribution in [0.2, 0.25) is 0 Å². The number of nitriles is 1. The van der Waals surface area contributed by atoms with Gasteiger partial charge >= 0.3 is 0 Å². The molecule has 0 bridgehead atoms. The first kappa shape index (κ1) is 26.3. The first-order valence-corrected chi connectivity index (χ1v) is 13.0. The molecule has 3 aromatic heterocycles. The highest BCUT2D eigenvalue weighted by Gasteiger charge is 2.32. The fourth-order valence-corrected chi connectivity index (χ4v) is 5.31. The SMILES string of the molecule is CC(C)Oc1ccc(C(c2cccc(F)c2)N2CCN(c3cc(=O)n(C)c4ccc(C#N)nc34)[C@@H](C)C2)nc1. The molecule has 0 amide bonds. The average Bonchev–Trinajstić information content (AvgIpc) is 2.91. The largest absolute Gasteiger partial charge is 0.489 e. The van der Waals surface area contributed by atoms with E-state index < -0.39 is 0 Å². The highest BCUT2D eigenvalue weighted by atomic mass is 19.1. The topological polar surface area (TPSA) is 87.3 Å². The minimum absolute atomic E-state index is 0.00112. The molecule has 4 aromatic rings. The van der Waals surface area contributed by atoms with Crippen molar-refractivity contribution in [1.29, 1.82) is 5.26 Å². The zero-order valence-electron chi connectivity index (χ0n) is 22.5. The van der Waals surface area contributed by atoms with Crippen LogP contribution in [-0.2, 0) is 7.05 Å². The number of halogens is 1. The van der Waals surface area contributed by atoms with Crippen molar-refractivity contribution in [3.63, 3.8) is 0 Å².